The van der Waals surface area contributed by atoms with Gasteiger partial charge in [0.1, 0.15) is 0 Å². The monoisotopic (exact) mass is 193 g/mol. The number of hydrogen-bond donors (Lipinski definition) is 1. The van der Waals surface area contributed by atoms with Crippen LogP contribution in [0, 0.1) is 0 Å². The van der Waals surface area contributed by atoms with E-state index in [2.05, 4.69) is 6.58 Å². The van der Waals surface area contributed by atoms with Gasteiger partial charge in [0.25, 0.3) is 6.43 Å². The zero-order valence-electron chi connectivity index (χ0n) is 7.97. The topological polar surface area (TPSA) is 23.5 Å². The number of aliphatic hydroxyl groups is 1. The van der Waals surface area contributed by atoms with E-state index in [4.69, 9.17) is 5.11 Å². The first kappa shape index (κ1) is 12.5. The van der Waals surface area contributed by atoms with Crippen LogP contribution in [0.1, 0.15) is 13.3 Å². The Balaban J connectivity index is 3.86. The highest BCUT2D eigenvalue weighted by atomic mass is 19.3. The molecule has 0 aromatic rings. The van der Waals surface area contributed by atoms with Gasteiger partial charge in [-0.1, -0.05) is 19.1 Å². The van der Waals surface area contributed by atoms with E-state index in [1.165, 1.54) is 4.90 Å². The maximum atomic E-state index is 12.0. The first-order valence-corrected chi connectivity index (χ1v) is 4.38. The minimum atomic E-state index is -2.35. The Bertz CT molecular complexity index is 151. The third-order valence-corrected chi connectivity index (χ3v) is 1.76. The van der Waals surface area contributed by atoms with E-state index in [1.807, 2.05) is 6.92 Å². The van der Waals surface area contributed by atoms with Crippen LogP contribution in [-0.4, -0.2) is 42.7 Å². The molecular weight excluding hydrogens is 176 g/mol. The van der Waals surface area contributed by atoms with Crippen molar-refractivity contribution in [3.63, 3.8) is 0 Å². The summed E-state index contributed by atoms with van der Waals surface area (Å²) in [5, 5.41) is 8.62. The summed E-state index contributed by atoms with van der Waals surface area (Å²) in [5.74, 6) is 0. The van der Waals surface area contributed by atoms with Crippen molar-refractivity contribution in [2.45, 2.75) is 19.8 Å². The van der Waals surface area contributed by atoms with Gasteiger partial charge in [0.05, 0.1) is 13.2 Å². The van der Waals surface area contributed by atoms with E-state index < -0.39 is 6.43 Å². The molecule has 0 bridgehead atoms. The highest BCUT2D eigenvalue weighted by molar-refractivity contribution is 4.95. The number of aliphatic hydroxyl groups excluding tert-OH is 1. The predicted octanol–water partition coefficient (Wildman–Crippen LogP) is 1.51. The van der Waals surface area contributed by atoms with Gasteiger partial charge in [-0.25, -0.2) is 8.78 Å². The Morgan fingerprint density at radius 3 is 2.54 bits per heavy atom. The predicted molar refractivity (Wildman–Crippen MR) is 49.0 cm³/mol. The number of halogens is 2. The van der Waals surface area contributed by atoms with Crippen LogP contribution in [0.3, 0.4) is 0 Å². The lowest BCUT2D eigenvalue weighted by Gasteiger charge is -2.21. The van der Waals surface area contributed by atoms with Crippen molar-refractivity contribution in [1.29, 1.82) is 0 Å². The van der Waals surface area contributed by atoms with Crippen molar-refractivity contribution in [1.82, 2.24) is 4.90 Å². The van der Waals surface area contributed by atoms with Crippen molar-refractivity contribution in [2.75, 3.05) is 26.2 Å². The molecule has 0 heterocycles. The van der Waals surface area contributed by atoms with Crippen molar-refractivity contribution < 1.29 is 13.9 Å². The van der Waals surface area contributed by atoms with Gasteiger partial charge in [0.2, 0.25) is 0 Å². The molecule has 2 nitrogen and oxygen atoms in total. The van der Waals surface area contributed by atoms with Crippen molar-refractivity contribution in [2.24, 2.45) is 0 Å². The van der Waals surface area contributed by atoms with Crippen molar-refractivity contribution in [3.8, 4) is 0 Å². The fourth-order valence-electron chi connectivity index (χ4n) is 1.000. The molecule has 0 aliphatic carbocycles. The molecule has 0 aliphatic heterocycles. The normalized spacial score (nSPS) is 11.2. The maximum absolute atomic E-state index is 12.0. The van der Waals surface area contributed by atoms with Crippen molar-refractivity contribution >= 4 is 0 Å². The van der Waals surface area contributed by atoms with Crippen LogP contribution in [0.5, 0.6) is 0 Å². The number of hydrogen-bond acceptors (Lipinski definition) is 2. The number of alkyl halides is 2. The van der Waals surface area contributed by atoms with E-state index in [0.29, 0.717) is 6.54 Å². The van der Waals surface area contributed by atoms with E-state index in [-0.39, 0.29) is 19.7 Å². The SMILES string of the molecule is C=C(CC)CN(CCO)CC(F)F. The molecule has 0 saturated heterocycles. The fraction of sp³-hybridized carbons (Fsp3) is 0.778. The molecule has 0 aliphatic rings. The molecule has 0 radical (unpaired) electrons. The number of rotatable bonds is 7. The summed E-state index contributed by atoms with van der Waals surface area (Å²) >= 11 is 0. The molecular formula is C9H17F2NO. The Hall–Kier alpha value is -0.480. The first-order chi connectivity index (χ1) is 6.10. The molecule has 0 rings (SSSR count). The van der Waals surface area contributed by atoms with Crippen LogP contribution < -0.4 is 0 Å². The van der Waals surface area contributed by atoms with Gasteiger partial charge in [0, 0.05) is 13.1 Å². The summed E-state index contributed by atoms with van der Waals surface area (Å²) in [4.78, 5) is 1.51. The number of nitrogens with zero attached hydrogens (tertiary/aromatic N) is 1. The summed E-state index contributed by atoms with van der Waals surface area (Å²) in [6.45, 7) is 6.01. The van der Waals surface area contributed by atoms with Gasteiger partial charge in [-0.05, 0) is 6.42 Å². The molecule has 0 atom stereocenters. The van der Waals surface area contributed by atoms with E-state index in [9.17, 15) is 8.78 Å². The second-order valence-corrected chi connectivity index (χ2v) is 2.95. The minimum absolute atomic E-state index is 0.0935. The third kappa shape index (κ3) is 6.66. The summed E-state index contributed by atoms with van der Waals surface area (Å²) in [5.41, 5.74) is 0.911. The summed E-state index contributed by atoms with van der Waals surface area (Å²) < 4.78 is 24.0. The molecule has 0 aromatic heterocycles. The lowest BCUT2D eigenvalue weighted by molar-refractivity contribution is 0.0829. The molecule has 0 fully saturated rings. The molecule has 4 heteroatoms. The Labute approximate surface area is 77.9 Å². The Morgan fingerprint density at radius 2 is 2.15 bits per heavy atom. The summed E-state index contributed by atoms with van der Waals surface area (Å²) in [6, 6.07) is 0. The van der Waals surface area contributed by atoms with Crippen LogP contribution in [0.15, 0.2) is 12.2 Å². The van der Waals surface area contributed by atoms with Crippen LogP contribution in [0.2, 0.25) is 0 Å². The molecule has 0 saturated carbocycles. The average Bonchev–Trinajstić information content (AvgIpc) is 2.03. The summed E-state index contributed by atoms with van der Waals surface area (Å²) in [6.07, 6.45) is -1.57. The van der Waals surface area contributed by atoms with E-state index >= 15 is 0 Å². The zero-order valence-corrected chi connectivity index (χ0v) is 7.97. The lowest BCUT2D eigenvalue weighted by atomic mass is 10.2. The Morgan fingerprint density at radius 1 is 1.54 bits per heavy atom. The van der Waals surface area contributed by atoms with E-state index in [1.54, 1.807) is 0 Å². The average molecular weight is 193 g/mol. The highest BCUT2D eigenvalue weighted by Crippen LogP contribution is 2.04. The molecule has 0 aromatic carbocycles. The Kier molecular flexibility index (Phi) is 6.72. The minimum Gasteiger partial charge on any atom is -0.395 e. The second-order valence-electron chi connectivity index (χ2n) is 2.95. The highest BCUT2D eigenvalue weighted by Gasteiger charge is 2.11. The second kappa shape index (κ2) is 6.97. The maximum Gasteiger partial charge on any atom is 0.251 e. The lowest BCUT2D eigenvalue weighted by Crippen LogP contribution is -2.33. The molecule has 0 amide bonds. The standard InChI is InChI=1S/C9H17F2NO/c1-3-8(2)6-12(4-5-13)7-9(10)11/h9,13H,2-7H2,1H3. The van der Waals surface area contributed by atoms with Gasteiger partial charge in [0.15, 0.2) is 0 Å². The third-order valence-electron chi connectivity index (χ3n) is 1.76. The quantitative estimate of drug-likeness (QED) is 0.619. The molecule has 0 spiro atoms. The molecule has 1 N–H and O–H groups in total. The molecule has 0 unspecified atom stereocenters. The zero-order chi connectivity index (χ0) is 10.3. The first-order valence-electron chi connectivity index (χ1n) is 4.38. The van der Waals surface area contributed by atoms with Crippen LogP contribution >= 0.6 is 0 Å². The van der Waals surface area contributed by atoms with Crippen molar-refractivity contribution in [3.05, 3.63) is 12.2 Å². The smallest absolute Gasteiger partial charge is 0.251 e. The van der Waals surface area contributed by atoms with E-state index in [0.717, 1.165) is 12.0 Å². The largest absolute Gasteiger partial charge is 0.395 e. The fourth-order valence-corrected chi connectivity index (χ4v) is 1.000. The van der Waals surface area contributed by atoms with Gasteiger partial charge in [-0.15, -0.1) is 0 Å². The van der Waals surface area contributed by atoms with Crippen LogP contribution in [0.4, 0.5) is 8.78 Å². The summed E-state index contributed by atoms with van der Waals surface area (Å²) in [7, 11) is 0. The van der Waals surface area contributed by atoms with Crippen LogP contribution in [-0.2, 0) is 0 Å². The van der Waals surface area contributed by atoms with Crippen LogP contribution in [0.25, 0.3) is 0 Å². The van der Waals surface area contributed by atoms with Gasteiger partial charge >= 0.3 is 0 Å². The molecule has 78 valence electrons. The van der Waals surface area contributed by atoms with Gasteiger partial charge in [-0.2, -0.15) is 0 Å². The van der Waals surface area contributed by atoms with Gasteiger partial charge in [-0.3, -0.25) is 4.90 Å². The molecule has 13 heavy (non-hydrogen) atoms. The van der Waals surface area contributed by atoms with Gasteiger partial charge < -0.3 is 5.11 Å².